The second-order valence-corrected chi connectivity index (χ2v) is 6.01. The van der Waals surface area contributed by atoms with Gasteiger partial charge in [0, 0.05) is 44.5 Å². The normalized spacial score (nSPS) is 22.0. The van der Waals surface area contributed by atoms with Crippen molar-refractivity contribution < 1.29 is 14.4 Å². The summed E-state index contributed by atoms with van der Waals surface area (Å²) >= 11 is 0. The molecule has 2 N–H and O–H groups in total. The Labute approximate surface area is 124 Å². The first-order valence-electron chi connectivity index (χ1n) is 7.47. The average Bonchev–Trinajstić information content (AvgIpc) is 3.05. The first-order chi connectivity index (χ1) is 10.0. The summed E-state index contributed by atoms with van der Waals surface area (Å²) in [5.41, 5.74) is 0. The number of hydrogen-bond acceptors (Lipinski definition) is 5. The van der Waals surface area contributed by atoms with E-state index in [1.54, 1.807) is 4.90 Å². The highest BCUT2D eigenvalue weighted by molar-refractivity contribution is 5.74. The van der Waals surface area contributed by atoms with Gasteiger partial charge in [0.1, 0.15) is 0 Å². The van der Waals surface area contributed by atoms with Crippen molar-refractivity contribution in [3.63, 3.8) is 0 Å². The molecule has 1 aliphatic rings. The number of amides is 2. The Bertz CT molecular complexity index is 475. The Kier molecular flexibility index (Phi) is 5.17. The first kappa shape index (κ1) is 15.8. The third-order valence-corrected chi connectivity index (χ3v) is 3.91. The first-order valence-corrected chi connectivity index (χ1v) is 7.47. The zero-order chi connectivity index (χ0) is 15.4. The summed E-state index contributed by atoms with van der Waals surface area (Å²) < 4.78 is 5.13. The maximum absolute atomic E-state index is 12.0. The summed E-state index contributed by atoms with van der Waals surface area (Å²) in [4.78, 5) is 18.0. The molecule has 1 aliphatic heterocycles. The Morgan fingerprint density at radius 1 is 1.52 bits per heavy atom. The number of likely N-dealkylation sites (tertiary alicyclic amines) is 1. The van der Waals surface area contributed by atoms with Crippen molar-refractivity contribution in [1.29, 1.82) is 0 Å². The summed E-state index contributed by atoms with van der Waals surface area (Å²) in [6.45, 7) is 7.96. The Morgan fingerprint density at radius 3 is 2.86 bits per heavy atom. The number of urea groups is 1. The molecule has 0 unspecified atom stereocenters. The molecule has 2 heterocycles. The van der Waals surface area contributed by atoms with Gasteiger partial charge in [-0.3, -0.25) is 0 Å². The van der Waals surface area contributed by atoms with E-state index in [0.29, 0.717) is 43.7 Å². The highest BCUT2D eigenvalue weighted by Crippen LogP contribution is 2.22. The zero-order valence-electron chi connectivity index (χ0n) is 12.9. The molecule has 7 heteroatoms. The molecule has 0 aromatic carbocycles. The van der Waals surface area contributed by atoms with Crippen LogP contribution in [-0.4, -0.2) is 52.4 Å². The lowest BCUT2D eigenvalue weighted by molar-refractivity contribution is 0.195. The molecule has 0 aliphatic carbocycles. The van der Waals surface area contributed by atoms with E-state index >= 15 is 0 Å². The number of carbonyl (C=O) groups excluding carboxylic acids is 1. The second kappa shape index (κ2) is 6.89. The van der Waals surface area contributed by atoms with E-state index < -0.39 is 0 Å². The third kappa shape index (κ3) is 3.93. The van der Waals surface area contributed by atoms with Crippen LogP contribution in [0, 0.1) is 11.8 Å². The molecule has 2 amide bonds. The third-order valence-electron chi connectivity index (χ3n) is 3.91. The summed E-state index contributed by atoms with van der Waals surface area (Å²) in [6, 6.07) is -0.0959. The van der Waals surface area contributed by atoms with E-state index in [9.17, 15) is 9.90 Å². The van der Waals surface area contributed by atoms with Gasteiger partial charge in [0.25, 0.3) is 0 Å². The smallest absolute Gasteiger partial charge is 0.317 e. The van der Waals surface area contributed by atoms with Crippen molar-refractivity contribution in [2.45, 2.75) is 33.1 Å². The maximum atomic E-state index is 12.0. The molecule has 7 nitrogen and oxygen atoms in total. The fourth-order valence-electron chi connectivity index (χ4n) is 2.43. The van der Waals surface area contributed by atoms with E-state index in [-0.39, 0.29) is 24.5 Å². The zero-order valence-corrected chi connectivity index (χ0v) is 12.9. The van der Waals surface area contributed by atoms with E-state index in [1.807, 2.05) is 13.8 Å². The van der Waals surface area contributed by atoms with Gasteiger partial charge in [0.2, 0.25) is 5.89 Å². The molecule has 2 atom stereocenters. The molecule has 0 spiro atoms. The molecular weight excluding hydrogens is 272 g/mol. The number of rotatable bonds is 5. The maximum Gasteiger partial charge on any atom is 0.317 e. The summed E-state index contributed by atoms with van der Waals surface area (Å²) in [5, 5.41) is 16.0. The molecule has 1 saturated heterocycles. The van der Waals surface area contributed by atoms with Crippen LogP contribution in [0.15, 0.2) is 4.52 Å². The van der Waals surface area contributed by atoms with Gasteiger partial charge in [-0.15, -0.1) is 0 Å². The minimum atomic E-state index is -0.0959. The molecule has 0 saturated carbocycles. The summed E-state index contributed by atoms with van der Waals surface area (Å²) in [7, 11) is 0. The number of nitrogens with zero attached hydrogens (tertiary/aromatic N) is 3. The molecule has 1 aromatic heterocycles. The van der Waals surface area contributed by atoms with E-state index in [0.717, 1.165) is 0 Å². The quantitative estimate of drug-likeness (QED) is 0.846. The minimum absolute atomic E-state index is 0.0959. The van der Waals surface area contributed by atoms with Gasteiger partial charge >= 0.3 is 6.03 Å². The monoisotopic (exact) mass is 296 g/mol. The number of aliphatic hydroxyl groups is 1. The van der Waals surface area contributed by atoms with Crippen LogP contribution in [0.2, 0.25) is 0 Å². The summed E-state index contributed by atoms with van der Waals surface area (Å²) in [5.74, 6) is 1.99. The van der Waals surface area contributed by atoms with Gasteiger partial charge in [-0.25, -0.2) is 4.79 Å². The second-order valence-electron chi connectivity index (χ2n) is 6.01. The lowest BCUT2D eigenvalue weighted by Crippen LogP contribution is -2.39. The lowest BCUT2D eigenvalue weighted by atomic mass is 10.00. The van der Waals surface area contributed by atoms with Crippen LogP contribution < -0.4 is 5.32 Å². The van der Waals surface area contributed by atoms with Crippen LogP contribution in [-0.2, 0) is 6.42 Å². The molecule has 21 heavy (non-hydrogen) atoms. The number of aliphatic hydroxyl groups excluding tert-OH is 1. The predicted molar refractivity (Wildman–Crippen MR) is 76.8 cm³/mol. The number of hydrogen-bond donors (Lipinski definition) is 2. The van der Waals surface area contributed by atoms with Crippen LogP contribution in [0.4, 0.5) is 4.79 Å². The van der Waals surface area contributed by atoms with Crippen LogP contribution in [0.3, 0.4) is 0 Å². The average molecular weight is 296 g/mol. The van der Waals surface area contributed by atoms with Gasteiger partial charge in [0.15, 0.2) is 5.82 Å². The van der Waals surface area contributed by atoms with Crippen molar-refractivity contribution in [3.8, 4) is 0 Å². The number of nitrogens with one attached hydrogen (secondary N) is 1. The standard InChI is InChI=1S/C14H24N4O3/c1-9(2)13-16-12(21-17-13)4-5-15-14(20)18-6-10(3)11(7-18)8-19/h9-11,19H,4-8H2,1-3H3,(H,15,20)/t10-,11+/m1/s1. The molecule has 1 fully saturated rings. The van der Waals surface area contributed by atoms with Gasteiger partial charge in [-0.1, -0.05) is 25.9 Å². The van der Waals surface area contributed by atoms with Crippen molar-refractivity contribution >= 4 is 6.03 Å². The molecule has 0 radical (unpaired) electrons. The topological polar surface area (TPSA) is 91.5 Å². The lowest BCUT2D eigenvalue weighted by Gasteiger charge is -2.16. The van der Waals surface area contributed by atoms with Gasteiger partial charge in [-0.05, 0) is 5.92 Å². The predicted octanol–water partition coefficient (Wildman–Crippen LogP) is 1.01. The van der Waals surface area contributed by atoms with Gasteiger partial charge in [-0.2, -0.15) is 4.98 Å². The van der Waals surface area contributed by atoms with Crippen molar-refractivity contribution in [2.75, 3.05) is 26.2 Å². The Balaban J connectivity index is 1.74. The minimum Gasteiger partial charge on any atom is -0.396 e. The molecular formula is C14H24N4O3. The van der Waals surface area contributed by atoms with Crippen LogP contribution >= 0.6 is 0 Å². The van der Waals surface area contributed by atoms with Crippen LogP contribution in [0.1, 0.15) is 38.4 Å². The highest BCUT2D eigenvalue weighted by Gasteiger charge is 2.31. The van der Waals surface area contributed by atoms with Crippen molar-refractivity contribution in [1.82, 2.24) is 20.4 Å². The highest BCUT2D eigenvalue weighted by atomic mass is 16.5. The molecule has 0 bridgehead atoms. The molecule has 2 rings (SSSR count). The van der Waals surface area contributed by atoms with Gasteiger partial charge in [0.05, 0.1) is 0 Å². The van der Waals surface area contributed by atoms with Gasteiger partial charge < -0.3 is 19.8 Å². The van der Waals surface area contributed by atoms with E-state index in [2.05, 4.69) is 22.4 Å². The fourth-order valence-corrected chi connectivity index (χ4v) is 2.43. The van der Waals surface area contributed by atoms with Crippen LogP contribution in [0.5, 0.6) is 0 Å². The Hall–Kier alpha value is -1.63. The molecule has 118 valence electrons. The van der Waals surface area contributed by atoms with E-state index in [4.69, 9.17) is 4.52 Å². The SMILES string of the molecule is CC(C)c1noc(CCNC(=O)N2C[C@@H](CO)[C@H](C)C2)n1. The fraction of sp³-hybridized carbons (Fsp3) is 0.786. The number of aromatic nitrogens is 2. The Morgan fingerprint density at radius 2 is 2.29 bits per heavy atom. The van der Waals surface area contributed by atoms with Crippen molar-refractivity contribution in [3.05, 3.63) is 11.7 Å². The van der Waals surface area contributed by atoms with Crippen molar-refractivity contribution in [2.24, 2.45) is 11.8 Å². The summed E-state index contributed by atoms with van der Waals surface area (Å²) in [6.07, 6.45) is 0.526. The van der Waals surface area contributed by atoms with Crippen LogP contribution in [0.25, 0.3) is 0 Å². The number of carbonyl (C=O) groups is 1. The van der Waals surface area contributed by atoms with E-state index in [1.165, 1.54) is 0 Å². The molecule has 1 aromatic rings. The largest absolute Gasteiger partial charge is 0.396 e.